The molecule has 2 aliphatic heterocycles. The van der Waals surface area contributed by atoms with E-state index in [2.05, 4.69) is 29.1 Å². The number of ether oxygens (including phenoxy) is 1. The monoisotopic (exact) mass is 403 g/mol. The topological polar surface area (TPSA) is 77.5 Å². The molecule has 8 nitrogen and oxygen atoms in total. The van der Waals surface area contributed by atoms with Gasteiger partial charge in [0.1, 0.15) is 0 Å². The summed E-state index contributed by atoms with van der Waals surface area (Å²) in [7, 11) is -1.10. The van der Waals surface area contributed by atoms with Crippen LogP contribution >= 0.6 is 0 Å². The Bertz CT molecular complexity index is 574. The molecule has 0 aliphatic carbocycles. The first-order valence-corrected chi connectivity index (χ1v) is 11.8. The molecule has 0 amide bonds. The standard InChI is InChI=1S/C18H37N5O3S/c1-5-19-18(20-15-17-7-6-8-21(17)4)22-9-11-23(12-10-22)27(24,25)14-13-26-16(2)3/h16-17H,5-15H2,1-4H3,(H,19,20). The number of rotatable bonds is 8. The van der Waals surface area contributed by atoms with Crippen molar-refractivity contribution in [2.45, 2.75) is 45.8 Å². The fourth-order valence-electron chi connectivity index (χ4n) is 3.52. The summed E-state index contributed by atoms with van der Waals surface area (Å²) in [5, 5.41) is 3.36. The van der Waals surface area contributed by atoms with E-state index in [1.807, 2.05) is 13.8 Å². The van der Waals surface area contributed by atoms with Crippen LogP contribution in [0.15, 0.2) is 4.99 Å². The van der Waals surface area contributed by atoms with E-state index >= 15 is 0 Å². The van der Waals surface area contributed by atoms with Crippen LogP contribution in [-0.2, 0) is 14.8 Å². The molecule has 1 atom stereocenters. The number of hydrogen-bond acceptors (Lipinski definition) is 5. The van der Waals surface area contributed by atoms with Gasteiger partial charge in [-0.3, -0.25) is 4.99 Å². The van der Waals surface area contributed by atoms with Crippen LogP contribution in [0.25, 0.3) is 0 Å². The summed E-state index contributed by atoms with van der Waals surface area (Å²) in [5.74, 6) is 0.950. The van der Waals surface area contributed by atoms with Gasteiger partial charge in [0, 0.05) is 38.8 Å². The van der Waals surface area contributed by atoms with E-state index in [-0.39, 0.29) is 18.5 Å². The van der Waals surface area contributed by atoms with Gasteiger partial charge in [-0.1, -0.05) is 0 Å². The van der Waals surface area contributed by atoms with Gasteiger partial charge in [-0.05, 0) is 47.2 Å². The van der Waals surface area contributed by atoms with E-state index in [0.717, 1.165) is 25.6 Å². The quantitative estimate of drug-likeness (QED) is 0.468. The lowest BCUT2D eigenvalue weighted by Gasteiger charge is -2.36. The third-order valence-electron chi connectivity index (χ3n) is 5.18. The largest absolute Gasteiger partial charge is 0.378 e. The van der Waals surface area contributed by atoms with E-state index in [9.17, 15) is 8.42 Å². The number of likely N-dealkylation sites (N-methyl/N-ethyl adjacent to an activating group) is 1. The van der Waals surface area contributed by atoms with Gasteiger partial charge in [-0.15, -0.1) is 0 Å². The van der Waals surface area contributed by atoms with E-state index in [1.54, 1.807) is 4.31 Å². The van der Waals surface area contributed by atoms with E-state index < -0.39 is 10.0 Å². The average Bonchev–Trinajstić information content (AvgIpc) is 3.03. The van der Waals surface area contributed by atoms with Crippen molar-refractivity contribution in [3.63, 3.8) is 0 Å². The second-order valence-corrected chi connectivity index (χ2v) is 9.68. The van der Waals surface area contributed by atoms with Crippen LogP contribution in [0, 0.1) is 0 Å². The molecular weight excluding hydrogens is 366 g/mol. The fourth-order valence-corrected chi connectivity index (χ4v) is 4.81. The molecule has 2 rings (SSSR count). The highest BCUT2D eigenvalue weighted by Crippen LogP contribution is 2.15. The number of guanidine groups is 1. The van der Waals surface area contributed by atoms with Gasteiger partial charge in [0.2, 0.25) is 10.0 Å². The minimum atomic E-state index is -3.26. The van der Waals surface area contributed by atoms with E-state index in [0.29, 0.717) is 32.2 Å². The molecule has 2 aliphatic rings. The zero-order valence-electron chi connectivity index (χ0n) is 17.4. The molecule has 2 heterocycles. The Morgan fingerprint density at radius 3 is 2.48 bits per heavy atom. The minimum absolute atomic E-state index is 0.0490. The molecule has 1 unspecified atom stereocenters. The first kappa shape index (κ1) is 22.4. The normalized spacial score (nSPS) is 23.4. The van der Waals surface area contributed by atoms with Crippen molar-refractivity contribution in [1.82, 2.24) is 19.4 Å². The van der Waals surface area contributed by atoms with Crippen molar-refractivity contribution in [3.8, 4) is 0 Å². The summed E-state index contributed by atoms with van der Waals surface area (Å²) in [6.45, 7) is 11.2. The minimum Gasteiger partial charge on any atom is -0.378 e. The summed E-state index contributed by atoms with van der Waals surface area (Å²) < 4.78 is 31.9. The Hall–Kier alpha value is -0.900. The molecule has 9 heteroatoms. The van der Waals surface area contributed by atoms with Gasteiger partial charge in [0.05, 0.1) is 25.0 Å². The molecule has 0 aromatic rings. The summed E-state index contributed by atoms with van der Waals surface area (Å²) in [6.07, 6.45) is 2.49. The van der Waals surface area contributed by atoms with Gasteiger partial charge in [-0.2, -0.15) is 4.31 Å². The maximum Gasteiger partial charge on any atom is 0.216 e. The highest BCUT2D eigenvalue weighted by molar-refractivity contribution is 7.89. The second-order valence-electron chi connectivity index (χ2n) is 7.59. The van der Waals surface area contributed by atoms with Crippen LogP contribution in [0.5, 0.6) is 0 Å². The van der Waals surface area contributed by atoms with Crippen LogP contribution in [0.3, 0.4) is 0 Å². The predicted molar refractivity (Wildman–Crippen MR) is 110 cm³/mol. The molecule has 0 saturated carbocycles. The maximum absolute atomic E-state index is 12.5. The van der Waals surface area contributed by atoms with Crippen molar-refractivity contribution >= 4 is 16.0 Å². The lowest BCUT2D eigenvalue weighted by molar-refractivity contribution is 0.0904. The molecule has 1 N–H and O–H groups in total. The molecular formula is C18H37N5O3S. The number of nitrogens with zero attached hydrogens (tertiary/aromatic N) is 4. The zero-order chi connectivity index (χ0) is 19.9. The smallest absolute Gasteiger partial charge is 0.216 e. The van der Waals surface area contributed by atoms with Crippen molar-refractivity contribution in [2.75, 3.05) is 65.2 Å². The summed E-state index contributed by atoms with van der Waals surface area (Å²) in [6, 6.07) is 0.515. The SMILES string of the molecule is CCNC(=NCC1CCCN1C)N1CCN(S(=O)(=O)CCOC(C)C)CC1. The Morgan fingerprint density at radius 2 is 1.93 bits per heavy atom. The Kier molecular flexibility index (Phi) is 8.78. The summed E-state index contributed by atoms with van der Waals surface area (Å²) in [4.78, 5) is 9.38. The predicted octanol–water partition coefficient (Wildman–Crippen LogP) is 0.419. The van der Waals surface area contributed by atoms with Crippen LogP contribution in [0.2, 0.25) is 0 Å². The molecule has 27 heavy (non-hydrogen) atoms. The van der Waals surface area contributed by atoms with Crippen molar-refractivity contribution in [3.05, 3.63) is 0 Å². The highest BCUT2D eigenvalue weighted by Gasteiger charge is 2.28. The highest BCUT2D eigenvalue weighted by atomic mass is 32.2. The molecule has 0 radical (unpaired) electrons. The maximum atomic E-state index is 12.5. The molecule has 158 valence electrons. The lowest BCUT2D eigenvalue weighted by atomic mass is 10.2. The fraction of sp³-hybridized carbons (Fsp3) is 0.944. The Labute approximate surface area is 165 Å². The van der Waals surface area contributed by atoms with Gasteiger partial charge < -0.3 is 19.9 Å². The number of piperazine rings is 1. The molecule has 0 aromatic carbocycles. The number of likely N-dealkylation sites (tertiary alicyclic amines) is 1. The van der Waals surface area contributed by atoms with Crippen LogP contribution < -0.4 is 5.32 Å². The first-order valence-electron chi connectivity index (χ1n) is 10.2. The summed E-state index contributed by atoms with van der Waals surface area (Å²) in [5.41, 5.74) is 0. The van der Waals surface area contributed by atoms with Crippen molar-refractivity contribution in [1.29, 1.82) is 0 Å². The number of nitrogens with one attached hydrogen (secondary N) is 1. The van der Waals surface area contributed by atoms with Crippen LogP contribution in [0.1, 0.15) is 33.6 Å². The van der Waals surface area contributed by atoms with Gasteiger partial charge in [0.15, 0.2) is 5.96 Å². The number of hydrogen-bond donors (Lipinski definition) is 1. The third-order valence-corrected chi connectivity index (χ3v) is 7.02. The van der Waals surface area contributed by atoms with Crippen molar-refractivity contribution in [2.24, 2.45) is 4.99 Å². The van der Waals surface area contributed by atoms with Gasteiger partial charge in [-0.25, -0.2) is 8.42 Å². The van der Waals surface area contributed by atoms with Crippen LogP contribution in [0.4, 0.5) is 0 Å². The average molecular weight is 404 g/mol. The molecule has 0 spiro atoms. The molecule has 2 saturated heterocycles. The van der Waals surface area contributed by atoms with Gasteiger partial charge in [0.25, 0.3) is 0 Å². The molecule has 2 fully saturated rings. The molecule has 0 aromatic heterocycles. The Balaban J connectivity index is 1.87. The first-order chi connectivity index (χ1) is 12.8. The number of aliphatic imine (C=N–C) groups is 1. The van der Waals surface area contributed by atoms with Crippen LogP contribution in [-0.4, -0.2) is 106 Å². The van der Waals surface area contributed by atoms with Gasteiger partial charge >= 0.3 is 0 Å². The lowest BCUT2D eigenvalue weighted by Crippen LogP contribution is -2.54. The summed E-state index contributed by atoms with van der Waals surface area (Å²) >= 11 is 0. The number of sulfonamides is 1. The van der Waals surface area contributed by atoms with E-state index in [4.69, 9.17) is 9.73 Å². The molecule has 0 bridgehead atoms. The second kappa shape index (κ2) is 10.6. The Morgan fingerprint density at radius 1 is 1.22 bits per heavy atom. The third kappa shape index (κ3) is 6.89. The zero-order valence-corrected chi connectivity index (χ0v) is 18.2. The van der Waals surface area contributed by atoms with E-state index in [1.165, 1.54) is 12.8 Å². The van der Waals surface area contributed by atoms with Crippen molar-refractivity contribution < 1.29 is 13.2 Å².